The molecule has 1 fully saturated rings. The second-order valence-electron chi connectivity index (χ2n) is 6.00. The Kier molecular flexibility index (Phi) is 5.13. The molecule has 3 heterocycles. The number of carbonyl (C=O) groups is 2. The van der Waals surface area contributed by atoms with E-state index in [2.05, 4.69) is 15.5 Å². The number of amides is 1. The summed E-state index contributed by atoms with van der Waals surface area (Å²) in [6.07, 6.45) is 4.20. The highest BCUT2D eigenvalue weighted by molar-refractivity contribution is 5.79. The van der Waals surface area contributed by atoms with Gasteiger partial charge in [-0.05, 0) is 18.9 Å². The van der Waals surface area contributed by atoms with E-state index in [4.69, 9.17) is 13.7 Å². The van der Waals surface area contributed by atoms with E-state index >= 15 is 0 Å². The van der Waals surface area contributed by atoms with Gasteiger partial charge in [-0.3, -0.25) is 9.59 Å². The van der Waals surface area contributed by atoms with Gasteiger partial charge in [0, 0.05) is 32.6 Å². The van der Waals surface area contributed by atoms with Crippen molar-refractivity contribution in [3.05, 3.63) is 24.5 Å². The number of nitrogens with one attached hydrogen (secondary N) is 1. The normalized spacial score (nSPS) is 16.5. The highest BCUT2D eigenvalue weighted by Gasteiger charge is 2.40. The van der Waals surface area contributed by atoms with Gasteiger partial charge in [-0.1, -0.05) is 5.16 Å². The predicted molar refractivity (Wildman–Crippen MR) is 83.5 cm³/mol. The fourth-order valence-corrected chi connectivity index (χ4v) is 2.67. The summed E-state index contributed by atoms with van der Waals surface area (Å²) in [6, 6.07) is 1.71. The molecule has 0 unspecified atom stereocenters. The van der Waals surface area contributed by atoms with Gasteiger partial charge in [0.25, 0.3) is 0 Å². The number of nitrogens with zero attached hydrogens (tertiary/aromatic N) is 2. The number of carbonyl (C=O) groups excluding carboxylic acids is 1. The van der Waals surface area contributed by atoms with Crippen LogP contribution in [0.25, 0.3) is 11.4 Å². The van der Waals surface area contributed by atoms with Crippen LogP contribution in [0.4, 0.5) is 0 Å². The molecule has 1 aliphatic rings. The van der Waals surface area contributed by atoms with Crippen LogP contribution in [0.15, 0.2) is 27.5 Å². The lowest BCUT2D eigenvalue weighted by Crippen LogP contribution is -2.46. The molecule has 0 bridgehead atoms. The highest BCUT2D eigenvalue weighted by Crippen LogP contribution is 2.30. The molecular formula is C16H19N3O6. The molecule has 0 atom stereocenters. The number of hydrogen-bond donors (Lipinski definition) is 2. The third-order valence-corrected chi connectivity index (χ3v) is 4.34. The molecule has 0 aromatic carbocycles. The van der Waals surface area contributed by atoms with Crippen molar-refractivity contribution in [1.29, 1.82) is 0 Å². The first-order valence-corrected chi connectivity index (χ1v) is 8.02. The number of carboxylic acids is 1. The van der Waals surface area contributed by atoms with Gasteiger partial charge in [-0.15, -0.1) is 0 Å². The number of carboxylic acid groups (broad SMARTS) is 1. The molecule has 0 aliphatic carbocycles. The van der Waals surface area contributed by atoms with Crippen molar-refractivity contribution >= 4 is 11.9 Å². The summed E-state index contributed by atoms with van der Waals surface area (Å²) in [5.41, 5.74) is -0.255. The van der Waals surface area contributed by atoms with E-state index in [1.54, 1.807) is 6.07 Å². The van der Waals surface area contributed by atoms with Crippen LogP contribution in [0, 0.1) is 5.41 Å². The van der Waals surface area contributed by atoms with E-state index in [9.17, 15) is 14.7 Å². The topological polar surface area (TPSA) is 128 Å². The van der Waals surface area contributed by atoms with E-state index in [1.165, 1.54) is 12.5 Å². The summed E-state index contributed by atoms with van der Waals surface area (Å²) in [4.78, 5) is 27.7. The largest absolute Gasteiger partial charge is 0.481 e. The van der Waals surface area contributed by atoms with Gasteiger partial charge in [0.2, 0.25) is 17.6 Å². The number of ether oxygens (including phenoxy) is 1. The van der Waals surface area contributed by atoms with Crippen molar-refractivity contribution in [2.45, 2.75) is 25.7 Å². The van der Waals surface area contributed by atoms with Gasteiger partial charge in [0.1, 0.15) is 6.26 Å². The number of furan rings is 1. The minimum absolute atomic E-state index is 0.0919. The minimum Gasteiger partial charge on any atom is -0.481 e. The molecule has 9 heteroatoms. The third kappa shape index (κ3) is 4.05. The highest BCUT2D eigenvalue weighted by atomic mass is 16.5. The minimum atomic E-state index is -0.952. The molecule has 1 amide bonds. The van der Waals surface area contributed by atoms with Crippen molar-refractivity contribution in [3.8, 4) is 11.4 Å². The van der Waals surface area contributed by atoms with E-state index in [0.29, 0.717) is 43.3 Å². The van der Waals surface area contributed by atoms with Gasteiger partial charge in [0.15, 0.2) is 0 Å². The molecule has 9 nitrogen and oxygen atoms in total. The van der Waals surface area contributed by atoms with Crippen LogP contribution in [0.2, 0.25) is 0 Å². The van der Waals surface area contributed by atoms with Gasteiger partial charge in [-0.2, -0.15) is 4.98 Å². The van der Waals surface area contributed by atoms with Crippen LogP contribution in [0.1, 0.15) is 25.2 Å². The Balaban J connectivity index is 1.49. The van der Waals surface area contributed by atoms with Crippen LogP contribution in [-0.4, -0.2) is 46.9 Å². The number of aromatic nitrogens is 2. The fourth-order valence-electron chi connectivity index (χ4n) is 2.67. The molecule has 3 rings (SSSR count). The molecular weight excluding hydrogens is 330 g/mol. The molecule has 0 saturated carbocycles. The summed E-state index contributed by atoms with van der Waals surface area (Å²) in [6.45, 7) is 0.872. The second-order valence-corrected chi connectivity index (χ2v) is 6.00. The molecule has 2 aromatic heterocycles. The Bertz CT molecular complexity index is 718. The maximum Gasteiger partial charge on any atom is 0.311 e. The van der Waals surface area contributed by atoms with Crippen molar-refractivity contribution in [2.24, 2.45) is 5.41 Å². The molecule has 1 aliphatic heterocycles. The Labute approximate surface area is 143 Å². The number of rotatable bonds is 7. The van der Waals surface area contributed by atoms with Crippen LogP contribution in [-0.2, 0) is 20.7 Å². The first-order chi connectivity index (χ1) is 12.1. The fraction of sp³-hybridized carbons (Fsp3) is 0.500. The lowest BCUT2D eigenvalue weighted by atomic mass is 9.80. The molecule has 134 valence electrons. The Morgan fingerprint density at radius 2 is 2.12 bits per heavy atom. The van der Waals surface area contributed by atoms with E-state index in [-0.39, 0.29) is 25.3 Å². The van der Waals surface area contributed by atoms with Crippen LogP contribution >= 0.6 is 0 Å². The molecule has 2 aromatic rings. The summed E-state index contributed by atoms with van der Waals surface area (Å²) in [5.74, 6) is -0.422. The molecule has 1 saturated heterocycles. The second kappa shape index (κ2) is 7.47. The van der Waals surface area contributed by atoms with Gasteiger partial charge < -0.3 is 24.1 Å². The SMILES string of the molecule is O=C(CCc1nc(-c2ccoc2)no1)NCC1(C(=O)O)CCOCC1. The van der Waals surface area contributed by atoms with E-state index in [1.807, 2.05) is 0 Å². The zero-order valence-electron chi connectivity index (χ0n) is 13.6. The first-order valence-electron chi connectivity index (χ1n) is 8.02. The molecule has 0 spiro atoms. The summed E-state index contributed by atoms with van der Waals surface area (Å²) < 4.78 is 15.3. The van der Waals surface area contributed by atoms with E-state index in [0.717, 1.165) is 0 Å². The van der Waals surface area contributed by atoms with Crippen molar-refractivity contribution < 1.29 is 28.4 Å². The van der Waals surface area contributed by atoms with E-state index < -0.39 is 11.4 Å². The smallest absolute Gasteiger partial charge is 0.311 e. The molecule has 2 N–H and O–H groups in total. The van der Waals surface area contributed by atoms with Crippen LogP contribution in [0.5, 0.6) is 0 Å². The zero-order chi connectivity index (χ0) is 17.7. The number of hydrogen-bond acceptors (Lipinski definition) is 7. The van der Waals surface area contributed by atoms with Crippen molar-refractivity contribution in [1.82, 2.24) is 15.5 Å². The van der Waals surface area contributed by atoms with Gasteiger partial charge >= 0.3 is 5.97 Å². The lowest BCUT2D eigenvalue weighted by Gasteiger charge is -2.33. The third-order valence-electron chi connectivity index (χ3n) is 4.34. The van der Waals surface area contributed by atoms with Crippen molar-refractivity contribution in [2.75, 3.05) is 19.8 Å². The quantitative estimate of drug-likeness (QED) is 0.764. The average molecular weight is 349 g/mol. The van der Waals surface area contributed by atoms with Crippen molar-refractivity contribution in [3.63, 3.8) is 0 Å². The first kappa shape index (κ1) is 17.2. The number of aliphatic carboxylic acids is 1. The Morgan fingerprint density at radius 1 is 1.32 bits per heavy atom. The lowest BCUT2D eigenvalue weighted by molar-refractivity contribution is -0.154. The maximum absolute atomic E-state index is 12.0. The average Bonchev–Trinajstić information content (AvgIpc) is 3.30. The van der Waals surface area contributed by atoms with Crippen LogP contribution < -0.4 is 5.32 Å². The summed E-state index contributed by atoms with van der Waals surface area (Å²) in [7, 11) is 0. The molecule has 0 radical (unpaired) electrons. The monoisotopic (exact) mass is 349 g/mol. The van der Waals surface area contributed by atoms with Gasteiger partial charge in [-0.25, -0.2) is 0 Å². The van der Waals surface area contributed by atoms with Gasteiger partial charge in [0.05, 0.1) is 17.2 Å². The Morgan fingerprint density at radius 3 is 2.80 bits per heavy atom. The maximum atomic E-state index is 12.0. The summed E-state index contributed by atoms with van der Waals surface area (Å²) >= 11 is 0. The standard InChI is InChI=1S/C16H19N3O6/c20-12(17-10-16(15(21)22)4-7-23-8-5-16)1-2-13-18-14(19-25-13)11-3-6-24-9-11/h3,6,9H,1-2,4-5,7-8,10H2,(H,17,20)(H,21,22). The summed E-state index contributed by atoms with van der Waals surface area (Å²) in [5, 5.41) is 16.0. The molecule has 25 heavy (non-hydrogen) atoms. The number of aryl methyl sites for hydroxylation is 1. The Hall–Kier alpha value is -2.68. The zero-order valence-corrected chi connectivity index (χ0v) is 13.6. The predicted octanol–water partition coefficient (Wildman–Crippen LogP) is 1.26. The van der Waals surface area contributed by atoms with Crippen LogP contribution in [0.3, 0.4) is 0 Å².